The van der Waals surface area contributed by atoms with Crippen LogP contribution in [0.1, 0.15) is 30.6 Å². The second-order valence-corrected chi connectivity index (χ2v) is 5.02. The van der Waals surface area contributed by atoms with Crippen LogP contribution in [0, 0.1) is 10.1 Å². The topological polar surface area (TPSA) is 83.7 Å². The number of nitro groups is 1. The Hall–Kier alpha value is -1.66. The number of nitro benzene ring substituents is 1. The third-order valence-corrected chi connectivity index (χ3v) is 3.06. The van der Waals surface area contributed by atoms with E-state index in [1.54, 1.807) is 0 Å². The molecule has 0 aliphatic rings. The molecule has 110 valence electrons. The van der Waals surface area contributed by atoms with Crippen molar-refractivity contribution in [2.75, 3.05) is 13.2 Å². The molecule has 0 heterocycles. The van der Waals surface area contributed by atoms with Crippen molar-refractivity contribution in [3.05, 3.63) is 38.9 Å². The average molecular weight is 301 g/mol. The van der Waals surface area contributed by atoms with Crippen LogP contribution in [0.3, 0.4) is 0 Å². The summed E-state index contributed by atoms with van der Waals surface area (Å²) in [6.07, 6.45) is 0.415. The van der Waals surface area contributed by atoms with Gasteiger partial charge in [0.15, 0.2) is 0 Å². The van der Waals surface area contributed by atoms with Crippen LogP contribution in [-0.2, 0) is 0 Å². The predicted molar refractivity (Wildman–Crippen MR) is 76.0 cm³/mol. The van der Waals surface area contributed by atoms with Crippen LogP contribution in [0.4, 0.5) is 5.69 Å². The molecule has 0 aromatic heterocycles. The molecular formula is C13H17ClN2O4. The Balaban J connectivity index is 3.16. The molecule has 1 N–H and O–H groups in total. The highest BCUT2D eigenvalue weighted by molar-refractivity contribution is 6.31. The van der Waals surface area contributed by atoms with Gasteiger partial charge in [-0.25, -0.2) is 0 Å². The Labute approximate surface area is 122 Å². The van der Waals surface area contributed by atoms with Crippen molar-refractivity contribution in [3.8, 4) is 0 Å². The SMILES string of the molecule is CC(C)N(CCCO)C(=O)c1cc(Cl)ccc1[N+](=O)[O-]. The number of aliphatic hydroxyl groups excluding tert-OH is 1. The Bertz CT molecular complexity index is 505. The number of carbonyl (C=O) groups is 1. The maximum absolute atomic E-state index is 12.5. The molecule has 0 fully saturated rings. The number of hydrogen-bond acceptors (Lipinski definition) is 4. The van der Waals surface area contributed by atoms with E-state index >= 15 is 0 Å². The number of amides is 1. The van der Waals surface area contributed by atoms with Gasteiger partial charge in [0.05, 0.1) is 4.92 Å². The minimum Gasteiger partial charge on any atom is -0.396 e. The van der Waals surface area contributed by atoms with Crippen LogP contribution < -0.4 is 0 Å². The summed E-state index contributed by atoms with van der Waals surface area (Å²) in [6.45, 7) is 3.90. The molecule has 0 bridgehead atoms. The second-order valence-electron chi connectivity index (χ2n) is 4.59. The lowest BCUT2D eigenvalue weighted by atomic mass is 10.1. The zero-order chi connectivity index (χ0) is 15.3. The molecule has 0 aliphatic carbocycles. The molecule has 0 saturated carbocycles. The van der Waals surface area contributed by atoms with Gasteiger partial charge in [0, 0.05) is 30.3 Å². The maximum Gasteiger partial charge on any atom is 0.282 e. The van der Waals surface area contributed by atoms with Gasteiger partial charge in [0.25, 0.3) is 11.6 Å². The minimum atomic E-state index is -0.603. The molecule has 1 aromatic carbocycles. The first kappa shape index (κ1) is 16.4. The molecule has 6 nitrogen and oxygen atoms in total. The first-order valence-corrected chi connectivity index (χ1v) is 6.62. The van der Waals surface area contributed by atoms with Crippen molar-refractivity contribution >= 4 is 23.2 Å². The fourth-order valence-electron chi connectivity index (χ4n) is 1.83. The number of benzene rings is 1. The van der Waals surface area contributed by atoms with E-state index in [2.05, 4.69) is 0 Å². The molecule has 1 rings (SSSR count). The number of rotatable bonds is 6. The highest BCUT2D eigenvalue weighted by atomic mass is 35.5. The lowest BCUT2D eigenvalue weighted by Gasteiger charge is -2.26. The van der Waals surface area contributed by atoms with Crippen molar-refractivity contribution in [1.82, 2.24) is 4.90 Å². The van der Waals surface area contributed by atoms with E-state index in [4.69, 9.17) is 16.7 Å². The molecule has 0 saturated heterocycles. The summed E-state index contributed by atoms with van der Waals surface area (Å²) in [5, 5.41) is 20.1. The van der Waals surface area contributed by atoms with Gasteiger partial charge in [-0.2, -0.15) is 0 Å². The summed E-state index contributed by atoms with van der Waals surface area (Å²) in [7, 11) is 0. The van der Waals surface area contributed by atoms with Crippen LogP contribution in [0.25, 0.3) is 0 Å². The highest BCUT2D eigenvalue weighted by Crippen LogP contribution is 2.24. The van der Waals surface area contributed by atoms with E-state index in [1.165, 1.54) is 23.1 Å². The molecule has 0 aliphatic heterocycles. The van der Waals surface area contributed by atoms with Gasteiger partial charge in [-0.1, -0.05) is 11.6 Å². The molecule has 0 unspecified atom stereocenters. The molecule has 20 heavy (non-hydrogen) atoms. The van der Waals surface area contributed by atoms with E-state index in [0.717, 1.165) is 0 Å². The molecule has 0 spiro atoms. The zero-order valence-electron chi connectivity index (χ0n) is 11.4. The monoisotopic (exact) mass is 300 g/mol. The van der Waals surface area contributed by atoms with Gasteiger partial charge in [-0.15, -0.1) is 0 Å². The Morgan fingerprint density at radius 2 is 2.15 bits per heavy atom. The number of carbonyl (C=O) groups excluding carboxylic acids is 1. The minimum absolute atomic E-state index is 0.0332. The summed E-state index contributed by atoms with van der Waals surface area (Å²) >= 11 is 5.82. The van der Waals surface area contributed by atoms with Gasteiger partial charge in [0.1, 0.15) is 5.56 Å². The third-order valence-electron chi connectivity index (χ3n) is 2.83. The van der Waals surface area contributed by atoms with Crippen molar-refractivity contribution in [2.45, 2.75) is 26.3 Å². The molecule has 0 radical (unpaired) electrons. The fourth-order valence-corrected chi connectivity index (χ4v) is 2.00. The second kappa shape index (κ2) is 7.21. The summed E-state index contributed by atoms with van der Waals surface area (Å²) < 4.78 is 0. The third kappa shape index (κ3) is 3.91. The van der Waals surface area contributed by atoms with Gasteiger partial charge in [-0.05, 0) is 32.4 Å². The lowest BCUT2D eigenvalue weighted by Crippen LogP contribution is -2.38. The summed E-state index contributed by atoms with van der Waals surface area (Å²) in [5.41, 5.74) is -0.303. The normalized spacial score (nSPS) is 10.7. The fraction of sp³-hybridized carbons (Fsp3) is 0.462. The van der Waals surface area contributed by atoms with Crippen molar-refractivity contribution in [3.63, 3.8) is 0 Å². The number of aliphatic hydroxyl groups is 1. The molecule has 1 amide bonds. The zero-order valence-corrected chi connectivity index (χ0v) is 12.1. The number of halogens is 1. The van der Waals surface area contributed by atoms with Crippen molar-refractivity contribution in [1.29, 1.82) is 0 Å². The molecule has 1 aromatic rings. The number of hydrogen-bond donors (Lipinski definition) is 1. The summed E-state index contributed by atoms with van der Waals surface area (Å²) in [4.78, 5) is 24.3. The Morgan fingerprint density at radius 3 is 2.65 bits per heavy atom. The van der Waals surface area contributed by atoms with E-state index < -0.39 is 10.8 Å². The van der Waals surface area contributed by atoms with E-state index in [0.29, 0.717) is 13.0 Å². The highest BCUT2D eigenvalue weighted by Gasteiger charge is 2.26. The van der Waals surface area contributed by atoms with Crippen molar-refractivity contribution < 1.29 is 14.8 Å². The van der Waals surface area contributed by atoms with E-state index in [-0.39, 0.29) is 28.9 Å². The number of nitrogens with zero attached hydrogens (tertiary/aromatic N) is 2. The van der Waals surface area contributed by atoms with Crippen LogP contribution in [-0.4, -0.2) is 40.0 Å². The van der Waals surface area contributed by atoms with Crippen molar-refractivity contribution in [2.24, 2.45) is 0 Å². The Morgan fingerprint density at radius 1 is 1.50 bits per heavy atom. The van der Waals surface area contributed by atoms with E-state index in [1.807, 2.05) is 13.8 Å². The molecular weight excluding hydrogens is 284 g/mol. The largest absolute Gasteiger partial charge is 0.396 e. The maximum atomic E-state index is 12.5. The Kier molecular flexibility index (Phi) is 5.91. The summed E-state index contributed by atoms with van der Waals surface area (Å²) in [6, 6.07) is 3.77. The lowest BCUT2D eigenvalue weighted by molar-refractivity contribution is -0.385. The smallest absolute Gasteiger partial charge is 0.282 e. The van der Waals surface area contributed by atoms with Gasteiger partial charge in [0.2, 0.25) is 0 Å². The predicted octanol–water partition coefficient (Wildman–Crippen LogP) is 2.48. The first-order valence-electron chi connectivity index (χ1n) is 6.24. The average Bonchev–Trinajstić information content (AvgIpc) is 2.38. The van der Waals surface area contributed by atoms with Crippen LogP contribution in [0.2, 0.25) is 5.02 Å². The first-order chi connectivity index (χ1) is 9.38. The molecule has 0 atom stereocenters. The van der Waals surface area contributed by atoms with Crippen LogP contribution >= 0.6 is 11.6 Å². The molecule has 7 heteroatoms. The quantitative estimate of drug-likeness (QED) is 0.646. The van der Waals surface area contributed by atoms with Gasteiger partial charge in [-0.3, -0.25) is 14.9 Å². The van der Waals surface area contributed by atoms with Crippen LogP contribution in [0.5, 0.6) is 0 Å². The van der Waals surface area contributed by atoms with E-state index in [9.17, 15) is 14.9 Å². The summed E-state index contributed by atoms with van der Waals surface area (Å²) in [5.74, 6) is -0.456. The van der Waals surface area contributed by atoms with Crippen LogP contribution in [0.15, 0.2) is 18.2 Å². The van der Waals surface area contributed by atoms with Gasteiger partial charge < -0.3 is 10.0 Å². The van der Waals surface area contributed by atoms with Gasteiger partial charge >= 0.3 is 0 Å². The standard InChI is InChI=1S/C13H17ClN2O4/c1-9(2)15(6-3-7-17)13(18)11-8-10(14)4-5-12(11)16(19)20/h4-5,8-9,17H,3,6-7H2,1-2H3.